The van der Waals surface area contributed by atoms with Crippen molar-refractivity contribution in [2.24, 2.45) is 0 Å². The van der Waals surface area contributed by atoms with Gasteiger partial charge in [-0.3, -0.25) is 0 Å². The Morgan fingerprint density at radius 2 is 1.80 bits per heavy atom. The maximum Gasteiger partial charge on any atom is 0.223 e. The number of hydrogen-bond donors (Lipinski definition) is 2. The summed E-state index contributed by atoms with van der Waals surface area (Å²) in [5.41, 5.74) is 8.55. The van der Waals surface area contributed by atoms with Gasteiger partial charge in [0.15, 0.2) is 0 Å². The Bertz CT molecular complexity index is 722. The summed E-state index contributed by atoms with van der Waals surface area (Å²) in [5.74, 6) is 0.632. The predicted octanol–water partition coefficient (Wildman–Crippen LogP) is 3.39. The molecular weight excluding hydrogens is 248 g/mol. The van der Waals surface area contributed by atoms with Crippen molar-refractivity contribution in [1.82, 2.24) is 9.97 Å². The zero-order valence-electron chi connectivity index (χ0n) is 11.2. The quantitative estimate of drug-likeness (QED) is 0.712. The van der Waals surface area contributed by atoms with Crippen molar-refractivity contribution in [3.8, 4) is 0 Å². The molecule has 0 bridgehead atoms. The smallest absolute Gasteiger partial charge is 0.223 e. The average molecular weight is 264 g/mol. The maximum atomic E-state index is 5.70. The van der Waals surface area contributed by atoms with E-state index in [4.69, 9.17) is 5.73 Å². The third-order valence-electron chi connectivity index (χ3n) is 3.27. The van der Waals surface area contributed by atoms with Crippen LogP contribution < -0.4 is 11.1 Å². The Morgan fingerprint density at radius 1 is 1.05 bits per heavy atom. The van der Waals surface area contributed by atoms with Crippen molar-refractivity contribution < 1.29 is 0 Å². The van der Waals surface area contributed by atoms with Gasteiger partial charge < -0.3 is 11.1 Å². The molecule has 0 radical (unpaired) electrons. The summed E-state index contributed by atoms with van der Waals surface area (Å²) >= 11 is 0. The zero-order chi connectivity index (χ0) is 13.9. The third kappa shape index (κ3) is 2.54. The van der Waals surface area contributed by atoms with Crippen LogP contribution in [0, 0.1) is 0 Å². The van der Waals surface area contributed by atoms with Crippen LogP contribution in [0.15, 0.2) is 54.7 Å². The van der Waals surface area contributed by atoms with Crippen molar-refractivity contribution in [1.29, 1.82) is 0 Å². The number of benzene rings is 2. The van der Waals surface area contributed by atoms with Crippen molar-refractivity contribution in [2.75, 3.05) is 11.1 Å². The molecule has 0 spiro atoms. The van der Waals surface area contributed by atoms with E-state index < -0.39 is 0 Å². The minimum Gasteiger partial charge on any atom is -0.399 e. The second-order valence-corrected chi connectivity index (χ2v) is 4.79. The standard InChI is InChI=1S/C16H16N4/c1-11(12-6-8-14(17)9-7-12)19-16-18-10-13-4-2-3-5-15(13)20-16/h2-11H,17H2,1H3,(H,18,19,20). The molecule has 0 saturated carbocycles. The van der Waals surface area contributed by atoms with Gasteiger partial charge in [-0.25, -0.2) is 9.97 Å². The van der Waals surface area contributed by atoms with Crippen LogP contribution in [-0.2, 0) is 0 Å². The molecular formula is C16H16N4. The summed E-state index contributed by atoms with van der Waals surface area (Å²) in [5, 5.41) is 4.35. The highest BCUT2D eigenvalue weighted by Crippen LogP contribution is 2.19. The van der Waals surface area contributed by atoms with E-state index in [9.17, 15) is 0 Å². The first-order valence-electron chi connectivity index (χ1n) is 6.56. The number of para-hydroxylation sites is 1. The normalized spacial score (nSPS) is 12.2. The van der Waals surface area contributed by atoms with E-state index in [2.05, 4.69) is 22.2 Å². The number of anilines is 2. The Labute approximate surface area is 117 Å². The van der Waals surface area contributed by atoms with Crippen LogP contribution in [0.4, 0.5) is 11.6 Å². The molecule has 100 valence electrons. The monoisotopic (exact) mass is 264 g/mol. The Morgan fingerprint density at radius 3 is 2.60 bits per heavy atom. The second kappa shape index (κ2) is 5.17. The molecule has 0 fully saturated rings. The van der Waals surface area contributed by atoms with E-state index in [0.717, 1.165) is 22.2 Å². The van der Waals surface area contributed by atoms with Gasteiger partial charge in [0.25, 0.3) is 0 Å². The van der Waals surface area contributed by atoms with Gasteiger partial charge in [-0.1, -0.05) is 30.3 Å². The number of hydrogen-bond acceptors (Lipinski definition) is 4. The van der Waals surface area contributed by atoms with Gasteiger partial charge in [0.1, 0.15) is 0 Å². The maximum absolute atomic E-state index is 5.70. The molecule has 0 aliphatic rings. The van der Waals surface area contributed by atoms with E-state index in [1.165, 1.54) is 0 Å². The van der Waals surface area contributed by atoms with E-state index >= 15 is 0 Å². The van der Waals surface area contributed by atoms with Crippen LogP contribution >= 0.6 is 0 Å². The zero-order valence-corrected chi connectivity index (χ0v) is 11.2. The second-order valence-electron chi connectivity index (χ2n) is 4.79. The largest absolute Gasteiger partial charge is 0.399 e. The number of nitrogens with zero attached hydrogens (tertiary/aromatic N) is 2. The molecule has 1 atom stereocenters. The van der Waals surface area contributed by atoms with Gasteiger partial charge in [-0.15, -0.1) is 0 Å². The summed E-state index contributed by atoms with van der Waals surface area (Å²) in [6.45, 7) is 2.07. The summed E-state index contributed by atoms with van der Waals surface area (Å²) in [7, 11) is 0. The molecule has 2 aromatic carbocycles. The SMILES string of the molecule is CC(Nc1ncc2ccccc2n1)c1ccc(N)cc1. The number of nitrogens with one attached hydrogen (secondary N) is 1. The van der Waals surface area contributed by atoms with Gasteiger partial charge in [-0.2, -0.15) is 0 Å². The van der Waals surface area contributed by atoms with Gasteiger partial charge in [0, 0.05) is 17.3 Å². The van der Waals surface area contributed by atoms with Crippen LogP contribution in [0.5, 0.6) is 0 Å². The highest BCUT2D eigenvalue weighted by atomic mass is 15.1. The summed E-state index contributed by atoms with van der Waals surface area (Å²) in [6, 6.07) is 15.9. The number of fused-ring (bicyclic) bond motifs is 1. The van der Waals surface area contributed by atoms with Crippen molar-refractivity contribution >= 4 is 22.5 Å². The third-order valence-corrected chi connectivity index (χ3v) is 3.27. The van der Waals surface area contributed by atoms with Gasteiger partial charge >= 0.3 is 0 Å². The van der Waals surface area contributed by atoms with Crippen molar-refractivity contribution in [3.63, 3.8) is 0 Å². The van der Waals surface area contributed by atoms with E-state index in [0.29, 0.717) is 5.95 Å². The number of rotatable bonds is 3. The first kappa shape index (κ1) is 12.4. The van der Waals surface area contributed by atoms with Gasteiger partial charge in [0.2, 0.25) is 5.95 Å². The lowest BCUT2D eigenvalue weighted by Crippen LogP contribution is -2.09. The average Bonchev–Trinajstić information content (AvgIpc) is 2.48. The fourth-order valence-corrected chi connectivity index (χ4v) is 2.10. The van der Waals surface area contributed by atoms with Crippen LogP contribution in [0.25, 0.3) is 10.9 Å². The summed E-state index contributed by atoms with van der Waals surface area (Å²) in [6.07, 6.45) is 1.83. The lowest BCUT2D eigenvalue weighted by molar-refractivity contribution is 0.864. The molecule has 1 aromatic heterocycles. The Hall–Kier alpha value is -2.62. The number of nitrogen functional groups attached to an aromatic ring is 1. The molecule has 1 heterocycles. The molecule has 0 amide bonds. The molecule has 0 saturated heterocycles. The highest BCUT2D eigenvalue weighted by Gasteiger charge is 2.07. The molecule has 4 heteroatoms. The molecule has 3 N–H and O–H groups in total. The highest BCUT2D eigenvalue weighted by molar-refractivity contribution is 5.78. The molecule has 0 aliphatic heterocycles. The lowest BCUT2D eigenvalue weighted by atomic mass is 10.1. The lowest BCUT2D eigenvalue weighted by Gasteiger charge is -2.14. The van der Waals surface area contributed by atoms with Crippen molar-refractivity contribution in [2.45, 2.75) is 13.0 Å². The first-order valence-corrected chi connectivity index (χ1v) is 6.56. The van der Waals surface area contributed by atoms with E-state index in [-0.39, 0.29) is 6.04 Å². The Kier molecular flexibility index (Phi) is 3.21. The van der Waals surface area contributed by atoms with Crippen LogP contribution in [0.1, 0.15) is 18.5 Å². The Balaban J connectivity index is 1.83. The number of aromatic nitrogens is 2. The molecule has 20 heavy (non-hydrogen) atoms. The predicted molar refractivity (Wildman–Crippen MR) is 82.4 cm³/mol. The first-order chi connectivity index (χ1) is 9.72. The van der Waals surface area contributed by atoms with Crippen LogP contribution in [0.3, 0.4) is 0 Å². The van der Waals surface area contributed by atoms with Crippen LogP contribution in [-0.4, -0.2) is 9.97 Å². The summed E-state index contributed by atoms with van der Waals surface area (Å²) in [4.78, 5) is 8.85. The van der Waals surface area contributed by atoms with Gasteiger partial charge in [-0.05, 0) is 30.7 Å². The molecule has 4 nitrogen and oxygen atoms in total. The van der Waals surface area contributed by atoms with Gasteiger partial charge in [0.05, 0.1) is 11.6 Å². The van der Waals surface area contributed by atoms with E-state index in [1.54, 1.807) is 0 Å². The minimum atomic E-state index is 0.122. The van der Waals surface area contributed by atoms with Crippen molar-refractivity contribution in [3.05, 3.63) is 60.3 Å². The van der Waals surface area contributed by atoms with E-state index in [1.807, 2.05) is 54.7 Å². The fourth-order valence-electron chi connectivity index (χ4n) is 2.10. The fraction of sp³-hybridized carbons (Fsp3) is 0.125. The molecule has 3 rings (SSSR count). The summed E-state index contributed by atoms with van der Waals surface area (Å²) < 4.78 is 0. The molecule has 1 unspecified atom stereocenters. The topological polar surface area (TPSA) is 63.8 Å². The molecule has 3 aromatic rings. The molecule has 0 aliphatic carbocycles. The minimum absolute atomic E-state index is 0.122. The number of nitrogens with two attached hydrogens (primary N) is 1. The van der Waals surface area contributed by atoms with Crippen LogP contribution in [0.2, 0.25) is 0 Å².